The van der Waals surface area contributed by atoms with Gasteiger partial charge in [-0.05, 0) is 49.2 Å². The summed E-state index contributed by atoms with van der Waals surface area (Å²) < 4.78 is 6.69. The van der Waals surface area contributed by atoms with Crippen LogP contribution in [0.1, 0.15) is 37.4 Å². The average molecular weight is 422 g/mol. The van der Waals surface area contributed by atoms with Crippen LogP contribution in [-0.4, -0.2) is 32.4 Å². The van der Waals surface area contributed by atoms with E-state index in [1.807, 2.05) is 4.98 Å². The van der Waals surface area contributed by atoms with Crippen molar-refractivity contribution in [3.8, 4) is 11.4 Å². The van der Waals surface area contributed by atoms with Gasteiger partial charge in [-0.1, -0.05) is 12.1 Å². The quantitative estimate of drug-likeness (QED) is 0.357. The van der Waals surface area contributed by atoms with Crippen LogP contribution in [0.3, 0.4) is 0 Å². The molecule has 1 heterocycles. The van der Waals surface area contributed by atoms with Crippen LogP contribution in [0, 0.1) is 19.3 Å². The predicted molar refractivity (Wildman–Crippen MR) is 112 cm³/mol. The second kappa shape index (κ2) is 8.11. The number of primary amides is 1. The van der Waals surface area contributed by atoms with Crippen molar-refractivity contribution < 1.29 is 19.4 Å². The zero-order valence-electron chi connectivity index (χ0n) is 16.6. The van der Waals surface area contributed by atoms with Gasteiger partial charge in [0.2, 0.25) is 11.8 Å². The first-order valence-corrected chi connectivity index (χ1v) is 8.96. The van der Waals surface area contributed by atoms with Gasteiger partial charge in [0.1, 0.15) is 11.3 Å². The molecule has 0 saturated carbocycles. The standard InChI is InChI=1S/C21H18N4O6/c1-10-7-12(25-9-15(20(28)29)19(27)24-21(25)30)8-11(2)16(10)31-18(23)14-6-4-3-5-13(14)17(22)26/h3-9,23H,1-2H3,(H2,22,26)(H,28,29)(H,24,27,30). The number of aromatic carboxylic acids is 1. The molecule has 158 valence electrons. The van der Waals surface area contributed by atoms with Crippen molar-refractivity contribution in [2.45, 2.75) is 13.8 Å². The van der Waals surface area contributed by atoms with Gasteiger partial charge < -0.3 is 15.6 Å². The number of nitrogens with two attached hydrogens (primary N) is 1. The number of aromatic nitrogens is 2. The number of benzene rings is 2. The van der Waals surface area contributed by atoms with Crippen LogP contribution in [-0.2, 0) is 0 Å². The van der Waals surface area contributed by atoms with E-state index in [1.54, 1.807) is 38.1 Å². The van der Waals surface area contributed by atoms with Gasteiger partial charge in [-0.3, -0.25) is 24.5 Å². The van der Waals surface area contributed by atoms with Gasteiger partial charge in [0.25, 0.3) is 5.56 Å². The minimum Gasteiger partial charge on any atom is -0.477 e. The van der Waals surface area contributed by atoms with Crippen molar-refractivity contribution in [3.05, 3.63) is 91.3 Å². The van der Waals surface area contributed by atoms with Crippen molar-refractivity contribution in [1.82, 2.24) is 9.55 Å². The van der Waals surface area contributed by atoms with Crippen LogP contribution < -0.4 is 21.7 Å². The lowest BCUT2D eigenvalue weighted by molar-refractivity contribution is 0.0693. The van der Waals surface area contributed by atoms with Crippen molar-refractivity contribution >= 4 is 17.8 Å². The lowest BCUT2D eigenvalue weighted by Crippen LogP contribution is -2.32. The maximum atomic E-state index is 12.2. The zero-order chi connectivity index (χ0) is 22.9. The van der Waals surface area contributed by atoms with E-state index in [-0.39, 0.29) is 17.0 Å². The Kier molecular flexibility index (Phi) is 5.56. The molecule has 0 unspecified atom stereocenters. The smallest absolute Gasteiger partial charge is 0.342 e. The van der Waals surface area contributed by atoms with Crippen molar-refractivity contribution in [3.63, 3.8) is 0 Å². The molecule has 10 heteroatoms. The van der Waals surface area contributed by atoms with E-state index in [0.29, 0.717) is 22.6 Å². The Bertz CT molecular complexity index is 1330. The van der Waals surface area contributed by atoms with E-state index >= 15 is 0 Å². The first kappa shape index (κ1) is 21.2. The fourth-order valence-electron chi connectivity index (χ4n) is 3.10. The van der Waals surface area contributed by atoms with Crippen LogP contribution in [0.15, 0.2) is 52.2 Å². The maximum absolute atomic E-state index is 12.2. The van der Waals surface area contributed by atoms with Crippen molar-refractivity contribution in [2.75, 3.05) is 0 Å². The van der Waals surface area contributed by atoms with E-state index in [2.05, 4.69) is 0 Å². The van der Waals surface area contributed by atoms with E-state index in [1.165, 1.54) is 12.1 Å². The van der Waals surface area contributed by atoms with E-state index < -0.39 is 28.7 Å². The molecule has 0 saturated heterocycles. The summed E-state index contributed by atoms with van der Waals surface area (Å²) in [5, 5.41) is 17.4. The second-order valence-electron chi connectivity index (χ2n) is 6.73. The van der Waals surface area contributed by atoms with Crippen molar-refractivity contribution in [2.24, 2.45) is 5.73 Å². The Hall–Kier alpha value is -4.47. The van der Waals surface area contributed by atoms with E-state index in [0.717, 1.165) is 10.8 Å². The number of nitrogens with one attached hydrogen (secondary N) is 2. The number of amides is 1. The van der Waals surface area contributed by atoms with Gasteiger partial charge >= 0.3 is 11.7 Å². The molecular formula is C21H18N4O6. The lowest BCUT2D eigenvalue weighted by atomic mass is 10.1. The largest absolute Gasteiger partial charge is 0.477 e. The van der Waals surface area contributed by atoms with Crippen LogP contribution in [0.2, 0.25) is 0 Å². The summed E-state index contributed by atoms with van der Waals surface area (Å²) in [6, 6.07) is 9.37. The van der Waals surface area contributed by atoms with Crippen LogP contribution in [0.25, 0.3) is 5.69 Å². The van der Waals surface area contributed by atoms with Gasteiger partial charge in [-0.15, -0.1) is 0 Å². The topological polar surface area (TPSA) is 168 Å². The third kappa shape index (κ3) is 4.13. The summed E-state index contributed by atoms with van der Waals surface area (Å²) in [4.78, 5) is 48.7. The summed E-state index contributed by atoms with van der Waals surface area (Å²) in [6.45, 7) is 3.35. The van der Waals surface area contributed by atoms with E-state index in [9.17, 15) is 19.2 Å². The Morgan fingerprint density at radius 1 is 1.06 bits per heavy atom. The normalized spacial score (nSPS) is 10.5. The number of ether oxygens (including phenoxy) is 1. The molecule has 3 aromatic rings. The molecule has 10 nitrogen and oxygen atoms in total. The summed E-state index contributed by atoms with van der Waals surface area (Å²) in [5.74, 6) is -2.13. The Morgan fingerprint density at radius 2 is 1.65 bits per heavy atom. The molecule has 31 heavy (non-hydrogen) atoms. The average Bonchev–Trinajstić information content (AvgIpc) is 2.70. The fourth-order valence-corrected chi connectivity index (χ4v) is 3.10. The molecule has 0 aliphatic heterocycles. The fraction of sp³-hybridized carbons (Fsp3) is 0.0952. The molecule has 0 fully saturated rings. The molecule has 1 aromatic heterocycles. The molecule has 1 amide bonds. The third-order valence-electron chi connectivity index (χ3n) is 4.54. The highest BCUT2D eigenvalue weighted by Gasteiger charge is 2.18. The summed E-state index contributed by atoms with van der Waals surface area (Å²) >= 11 is 0. The van der Waals surface area contributed by atoms with Gasteiger partial charge in [0.05, 0.1) is 11.3 Å². The highest BCUT2D eigenvalue weighted by atomic mass is 16.5. The Labute approximate surface area is 175 Å². The first-order chi connectivity index (χ1) is 14.6. The number of carbonyl (C=O) groups is 2. The summed E-state index contributed by atoms with van der Waals surface area (Å²) in [5.41, 5.74) is 4.71. The number of carboxylic acids is 1. The van der Waals surface area contributed by atoms with Crippen molar-refractivity contribution in [1.29, 1.82) is 5.41 Å². The van der Waals surface area contributed by atoms with Crippen LogP contribution in [0.4, 0.5) is 0 Å². The number of aryl methyl sites for hydroxylation is 2. The number of H-pyrrole nitrogens is 1. The molecule has 2 aromatic carbocycles. The number of rotatable bonds is 5. The monoisotopic (exact) mass is 422 g/mol. The zero-order valence-corrected chi connectivity index (χ0v) is 16.6. The lowest BCUT2D eigenvalue weighted by Gasteiger charge is -2.16. The third-order valence-corrected chi connectivity index (χ3v) is 4.54. The highest BCUT2D eigenvalue weighted by Crippen LogP contribution is 2.27. The number of nitrogens with zero attached hydrogens (tertiary/aromatic N) is 1. The molecule has 3 rings (SSSR count). The minimum atomic E-state index is -1.47. The summed E-state index contributed by atoms with van der Waals surface area (Å²) in [7, 11) is 0. The molecule has 0 atom stereocenters. The van der Waals surface area contributed by atoms with Gasteiger partial charge in [-0.2, -0.15) is 0 Å². The Balaban J connectivity index is 2.03. The molecule has 0 aliphatic carbocycles. The number of carbonyl (C=O) groups excluding carboxylic acids is 1. The van der Waals surface area contributed by atoms with Crippen LogP contribution in [0.5, 0.6) is 5.75 Å². The van der Waals surface area contributed by atoms with E-state index in [4.69, 9.17) is 21.0 Å². The SMILES string of the molecule is Cc1cc(-n2cc(C(=O)O)c(=O)[nH]c2=O)cc(C)c1OC(=N)c1ccccc1C(N)=O. The molecule has 0 radical (unpaired) electrons. The molecule has 0 bridgehead atoms. The summed E-state index contributed by atoms with van der Waals surface area (Å²) in [6.07, 6.45) is 0.948. The number of hydrogen-bond donors (Lipinski definition) is 4. The highest BCUT2D eigenvalue weighted by molar-refractivity contribution is 6.06. The maximum Gasteiger partial charge on any atom is 0.342 e. The first-order valence-electron chi connectivity index (χ1n) is 8.96. The molecule has 0 spiro atoms. The number of aromatic amines is 1. The van der Waals surface area contributed by atoms with Gasteiger partial charge in [0.15, 0.2) is 0 Å². The molecule has 5 N–H and O–H groups in total. The van der Waals surface area contributed by atoms with Crippen LogP contribution >= 0.6 is 0 Å². The Morgan fingerprint density at radius 3 is 2.19 bits per heavy atom. The van der Waals surface area contributed by atoms with Gasteiger partial charge in [-0.25, -0.2) is 9.59 Å². The van der Waals surface area contributed by atoms with Gasteiger partial charge in [0, 0.05) is 11.8 Å². The molecule has 0 aliphatic rings. The number of hydrogen-bond acceptors (Lipinski definition) is 6. The number of carboxylic acid groups (broad SMARTS) is 1. The second-order valence-corrected chi connectivity index (χ2v) is 6.73. The predicted octanol–water partition coefficient (Wildman–Crippen LogP) is 1.34. The minimum absolute atomic E-state index is 0.139. The molecular weight excluding hydrogens is 404 g/mol.